The summed E-state index contributed by atoms with van der Waals surface area (Å²) < 4.78 is 13.3. The number of hydrogen-bond acceptors (Lipinski definition) is 1. The molecule has 3 heteroatoms. The van der Waals surface area contributed by atoms with Crippen LogP contribution in [0.5, 0.6) is 0 Å². The summed E-state index contributed by atoms with van der Waals surface area (Å²) in [4.78, 5) is 10.9. The van der Waals surface area contributed by atoms with Gasteiger partial charge in [0.2, 0.25) is 5.91 Å². The van der Waals surface area contributed by atoms with Crippen LogP contribution in [0.15, 0.2) is 24.8 Å². The van der Waals surface area contributed by atoms with Crippen molar-refractivity contribution in [1.82, 2.24) is 5.32 Å². The Morgan fingerprint density at radius 3 is 2.47 bits per heavy atom. The third kappa shape index (κ3) is 2.91. The van der Waals surface area contributed by atoms with Crippen LogP contribution in [0.2, 0.25) is 0 Å². The number of nitrogens with one attached hydrogen (secondary N) is 1. The van der Waals surface area contributed by atoms with Gasteiger partial charge in [-0.3, -0.25) is 4.79 Å². The number of amides is 1. The van der Waals surface area contributed by atoms with Crippen LogP contribution in [0.25, 0.3) is 0 Å². The van der Waals surface area contributed by atoms with Crippen LogP contribution >= 0.6 is 0 Å². The Morgan fingerprint density at radius 2 is 2.00 bits per heavy atom. The number of carbonyl (C=O) groups is 1. The van der Waals surface area contributed by atoms with Gasteiger partial charge >= 0.3 is 0 Å². The van der Waals surface area contributed by atoms with Gasteiger partial charge in [0, 0.05) is 6.54 Å². The van der Waals surface area contributed by atoms with Crippen LogP contribution in [0, 0.1) is 19.7 Å². The molecule has 1 amide bonds. The van der Waals surface area contributed by atoms with E-state index in [-0.39, 0.29) is 11.7 Å². The van der Waals surface area contributed by atoms with Gasteiger partial charge in [-0.25, -0.2) is 4.39 Å². The molecule has 1 N–H and O–H groups in total. The van der Waals surface area contributed by atoms with Crippen molar-refractivity contribution in [1.29, 1.82) is 0 Å². The summed E-state index contributed by atoms with van der Waals surface area (Å²) in [6, 6.07) is 3.46. The molecule has 0 radical (unpaired) electrons. The predicted molar refractivity (Wildman–Crippen MR) is 57.9 cm³/mol. The molecule has 0 aliphatic rings. The molecular weight excluding hydrogens is 193 g/mol. The smallest absolute Gasteiger partial charge is 0.243 e. The zero-order valence-electron chi connectivity index (χ0n) is 8.93. The summed E-state index contributed by atoms with van der Waals surface area (Å²) in [7, 11) is 0. The maximum atomic E-state index is 13.3. The minimum Gasteiger partial charge on any atom is -0.348 e. The van der Waals surface area contributed by atoms with E-state index in [4.69, 9.17) is 0 Å². The average molecular weight is 207 g/mol. The van der Waals surface area contributed by atoms with Gasteiger partial charge in [0.05, 0.1) is 0 Å². The minimum atomic E-state index is -0.227. The SMILES string of the molecule is C=CC(=O)NCc1cc(C)c(F)c(C)c1. The van der Waals surface area contributed by atoms with Gasteiger partial charge in [-0.15, -0.1) is 0 Å². The third-order valence-corrected chi connectivity index (χ3v) is 2.15. The molecule has 0 bridgehead atoms. The van der Waals surface area contributed by atoms with Gasteiger partial charge in [-0.2, -0.15) is 0 Å². The van der Waals surface area contributed by atoms with Gasteiger partial charge < -0.3 is 5.32 Å². The molecule has 2 nitrogen and oxygen atoms in total. The van der Waals surface area contributed by atoms with Crippen molar-refractivity contribution >= 4 is 5.91 Å². The average Bonchev–Trinajstić information content (AvgIpc) is 2.22. The van der Waals surface area contributed by atoms with Crippen molar-refractivity contribution in [3.05, 3.63) is 47.3 Å². The van der Waals surface area contributed by atoms with E-state index in [1.807, 2.05) is 0 Å². The van der Waals surface area contributed by atoms with E-state index >= 15 is 0 Å². The molecule has 15 heavy (non-hydrogen) atoms. The fourth-order valence-corrected chi connectivity index (χ4v) is 1.40. The van der Waals surface area contributed by atoms with Gasteiger partial charge in [0.15, 0.2) is 0 Å². The predicted octanol–water partition coefficient (Wildman–Crippen LogP) is 2.24. The molecule has 0 heterocycles. The van der Waals surface area contributed by atoms with Crippen LogP contribution in [0.4, 0.5) is 4.39 Å². The highest BCUT2D eigenvalue weighted by molar-refractivity contribution is 5.86. The number of benzene rings is 1. The first kappa shape index (κ1) is 11.4. The van der Waals surface area contributed by atoms with Crippen LogP contribution in [0.1, 0.15) is 16.7 Å². The lowest BCUT2D eigenvalue weighted by Crippen LogP contribution is -2.20. The molecule has 0 aromatic heterocycles. The van der Waals surface area contributed by atoms with Crippen LogP contribution < -0.4 is 5.32 Å². The number of rotatable bonds is 3. The van der Waals surface area contributed by atoms with Crippen LogP contribution in [-0.2, 0) is 11.3 Å². The molecule has 0 aliphatic heterocycles. The summed E-state index contributed by atoms with van der Waals surface area (Å²) in [6.45, 7) is 7.16. The molecule has 0 aliphatic carbocycles. The monoisotopic (exact) mass is 207 g/mol. The second-order valence-electron chi connectivity index (χ2n) is 3.47. The highest BCUT2D eigenvalue weighted by Gasteiger charge is 2.04. The molecule has 0 unspecified atom stereocenters. The topological polar surface area (TPSA) is 29.1 Å². The first-order valence-corrected chi connectivity index (χ1v) is 4.70. The second kappa shape index (κ2) is 4.73. The fourth-order valence-electron chi connectivity index (χ4n) is 1.40. The van der Waals surface area contributed by atoms with Gasteiger partial charge in [0.1, 0.15) is 5.82 Å². The van der Waals surface area contributed by atoms with E-state index in [0.29, 0.717) is 17.7 Å². The van der Waals surface area contributed by atoms with E-state index in [0.717, 1.165) is 5.56 Å². The zero-order valence-corrected chi connectivity index (χ0v) is 8.93. The van der Waals surface area contributed by atoms with E-state index in [2.05, 4.69) is 11.9 Å². The standard InChI is InChI=1S/C12H14FNO/c1-4-11(15)14-7-10-5-8(2)12(13)9(3)6-10/h4-6H,1,7H2,2-3H3,(H,14,15). The zero-order chi connectivity index (χ0) is 11.4. The Hall–Kier alpha value is -1.64. The Kier molecular flexibility index (Phi) is 3.61. The number of hydrogen-bond donors (Lipinski definition) is 1. The molecule has 0 spiro atoms. The maximum absolute atomic E-state index is 13.3. The summed E-state index contributed by atoms with van der Waals surface area (Å²) in [5.41, 5.74) is 2.08. The third-order valence-electron chi connectivity index (χ3n) is 2.15. The molecule has 0 atom stereocenters. The van der Waals surface area contributed by atoms with Crippen molar-refractivity contribution in [2.24, 2.45) is 0 Å². The van der Waals surface area contributed by atoms with Gasteiger partial charge in [-0.1, -0.05) is 18.7 Å². The lowest BCUT2D eigenvalue weighted by Gasteiger charge is -2.07. The van der Waals surface area contributed by atoms with E-state index in [1.165, 1.54) is 6.08 Å². The first-order valence-electron chi connectivity index (χ1n) is 4.70. The van der Waals surface area contributed by atoms with Crippen molar-refractivity contribution in [3.8, 4) is 0 Å². The molecular formula is C12H14FNO. The van der Waals surface area contributed by atoms with E-state index in [9.17, 15) is 9.18 Å². The molecule has 1 aromatic carbocycles. The highest BCUT2D eigenvalue weighted by Crippen LogP contribution is 2.14. The maximum Gasteiger partial charge on any atom is 0.243 e. The number of aryl methyl sites for hydroxylation is 2. The quantitative estimate of drug-likeness (QED) is 0.757. The van der Waals surface area contributed by atoms with Crippen LogP contribution in [-0.4, -0.2) is 5.91 Å². The number of carbonyl (C=O) groups excluding carboxylic acids is 1. The molecule has 0 saturated carbocycles. The summed E-state index contributed by atoms with van der Waals surface area (Å²) in [5.74, 6) is -0.413. The normalized spacial score (nSPS) is 9.80. The summed E-state index contributed by atoms with van der Waals surface area (Å²) in [6.07, 6.45) is 1.21. The van der Waals surface area contributed by atoms with E-state index in [1.54, 1.807) is 26.0 Å². The van der Waals surface area contributed by atoms with Crippen LogP contribution in [0.3, 0.4) is 0 Å². The number of halogens is 1. The molecule has 80 valence electrons. The molecule has 1 rings (SSSR count). The van der Waals surface area contributed by atoms with Crippen molar-refractivity contribution in [2.75, 3.05) is 0 Å². The fraction of sp³-hybridized carbons (Fsp3) is 0.250. The molecule has 1 aromatic rings. The van der Waals surface area contributed by atoms with Crippen molar-refractivity contribution < 1.29 is 9.18 Å². The lowest BCUT2D eigenvalue weighted by atomic mass is 10.1. The Labute approximate surface area is 88.8 Å². The highest BCUT2D eigenvalue weighted by atomic mass is 19.1. The lowest BCUT2D eigenvalue weighted by molar-refractivity contribution is -0.116. The summed E-state index contributed by atoms with van der Waals surface area (Å²) >= 11 is 0. The second-order valence-corrected chi connectivity index (χ2v) is 3.47. The first-order chi connectivity index (χ1) is 7.04. The van der Waals surface area contributed by atoms with Gasteiger partial charge in [0.25, 0.3) is 0 Å². The van der Waals surface area contributed by atoms with Crippen molar-refractivity contribution in [3.63, 3.8) is 0 Å². The largest absolute Gasteiger partial charge is 0.348 e. The Balaban J connectivity index is 2.79. The minimum absolute atomic E-state index is 0.186. The van der Waals surface area contributed by atoms with Gasteiger partial charge in [-0.05, 0) is 36.6 Å². The molecule has 0 saturated heterocycles. The Morgan fingerprint density at radius 1 is 1.47 bits per heavy atom. The summed E-state index contributed by atoms with van der Waals surface area (Å²) in [5, 5.41) is 2.64. The Bertz CT molecular complexity index is 376. The van der Waals surface area contributed by atoms with Crippen molar-refractivity contribution in [2.45, 2.75) is 20.4 Å². The molecule has 0 fully saturated rings. The van der Waals surface area contributed by atoms with E-state index < -0.39 is 0 Å².